The lowest BCUT2D eigenvalue weighted by atomic mass is 10.2. The van der Waals surface area contributed by atoms with E-state index in [2.05, 4.69) is 14.0 Å². The highest BCUT2D eigenvalue weighted by atomic mass is 19.1. The summed E-state index contributed by atoms with van der Waals surface area (Å²) in [5, 5.41) is 15.8. The van der Waals surface area contributed by atoms with Crippen LogP contribution in [0.25, 0.3) is 0 Å². The highest BCUT2D eigenvalue weighted by molar-refractivity contribution is 6.45. The van der Waals surface area contributed by atoms with Crippen LogP contribution in [0, 0.1) is 23.0 Å². The molecule has 7 nitrogen and oxygen atoms in total. The fourth-order valence-electron chi connectivity index (χ4n) is 0.292. The Kier molecular flexibility index (Phi) is 4.43. The van der Waals surface area contributed by atoms with E-state index in [-0.39, 0.29) is 0 Å². The minimum atomic E-state index is -2.40. The molecule has 66 valence electrons. The van der Waals surface area contributed by atoms with Crippen molar-refractivity contribution in [3.63, 3.8) is 0 Å². The lowest BCUT2D eigenvalue weighted by Crippen LogP contribution is -2.29. The van der Waals surface area contributed by atoms with Gasteiger partial charge in [-0.2, -0.15) is 14.9 Å². The van der Waals surface area contributed by atoms with Crippen molar-refractivity contribution in [2.24, 2.45) is 0 Å². The number of nitriles is 2. The van der Waals surface area contributed by atoms with E-state index in [1.54, 1.807) is 0 Å². The molecule has 0 fully saturated rings. The van der Waals surface area contributed by atoms with Gasteiger partial charge in [0.25, 0.3) is 12.5 Å². The van der Waals surface area contributed by atoms with Crippen LogP contribution in [-0.4, -0.2) is 19.3 Å². The van der Waals surface area contributed by atoms with E-state index in [9.17, 15) is 14.0 Å². The summed E-state index contributed by atoms with van der Waals surface area (Å²) < 4.78 is 22.9. The Morgan fingerprint density at radius 2 is 1.69 bits per heavy atom. The van der Waals surface area contributed by atoms with E-state index in [0.717, 1.165) is 12.5 Å². The molecule has 0 rings (SSSR count). The first kappa shape index (κ1) is 10.7. The summed E-state index contributed by atoms with van der Waals surface area (Å²) in [6.07, 6.45) is 2.02. The zero-order valence-corrected chi connectivity index (χ0v) is 5.89. The third-order valence-corrected chi connectivity index (χ3v) is 0.662. The summed E-state index contributed by atoms with van der Waals surface area (Å²) in [7, 11) is -2.04. The monoisotopic (exact) mass is 186 g/mol. The summed E-state index contributed by atoms with van der Waals surface area (Å²) in [6, 6.07) is -2.40. The predicted molar refractivity (Wildman–Crippen MR) is 31.4 cm³/mol. The number of carbonyl (C=O) groups is 2. The standard InChI is InChI=1S/C4BFN2O5/c6-3(9)4(10)13-5(11-1-7)12-2-8. The quantitative estimate of drug-likeness (QED) is 0.239. The Morgan fingerprint density at radius 3 is 2.00 bits per heavy atom. The Morgan fingerprint density at radius 1 is 1.23 bits per heavy atom. The summed E-state index contributed by atoms with van der Waals surface area (Å²) in [4.78, 5) is 19.8. The number of rotatable bonds is 4. The van der Waals surface area contributed by atoms with Crippen molar-refractivity contribution in [3.8, 4) is 12.5 Å². The lowest BCUT2D eigenvalue weighted by molar-refractivity contribution is -0.154. The van der Waals surface area contributed by atoms with Crippen LogP contribution >= 0.6 is 0 Å². The molecule has 9 heteroatoms. The minimum Gasteiger partial charge on any atom is -0.453 e. The molecule has 0 unspecified atom stereocenters. The maximum absolute atomic E-state index is 11.5. The van der Waals surface area contributed by atoms with Gasteiger partial charge in [-0.25, -0.2) is 9.59 Å². The van der Waals surface area contributed by atoms with Crippen LogP contribution in [0.2, 0.25) is 0 Å². The second-order valence-corrected chi connectivity index (χ2v) is 1.39. The minimum absolute atomic E-state index is 1.01. The van der Waals surface area contributed by atoms with Gasteiger partial charge in [-0.15, -0.1) is 0 Å². The topological polar surface area (TPSA) is 109 Å². The molecule has 0 aliphatic rings. The lowest BCUT2D eigenvalue weighted by Gasteiger charge is -2.01. The highest BCUT2D eigenvalue weighted by Gasteiger charge is 2.34. The van der Waals surface area contributed by atoms with Crippen molar-refractivity contribution < 1.29 is 27.9 Å². The van der Waals surface area contributed by atoms with E-state index in [0.29, 0.717) is 0 Å². The van der Waals surface area contributed by atoms with Gasteiger partial charge in [0.1, 0.15) is 0 Å². The molecule has 0 aliphatic heterocycles. The second kappa shape index (κ2) is 5.38. The van der Waals surface area contributed by atoms with Crippen molar-refractivity contribution in [1.82, 2.24) is 0 Å². The third kappa shape index (κ3) is 4.21. The molecular formula is C4BFN2O5. The van der Waals surface area contributed by atoms with E-state index >= 15 is 0 Å². The van der Waals surface area contributed by atoms with Gasteiger partial charge in [0.05, 0.1) is 0 Å². The molecule has 0 radical (unpaired) electrons. The maximum Gasteiger partial charge on any atom is 0.886 e. The molecule has 0 amide bonds. The van der Waals surface area contributed by atoms with E-state index in [1.165, 1.54) is 0 Å². The fourth-order valence-corrected chi connectivity index (χ4v) is 0.292. The van der Waals surface area contributed by atoms with Gasteiger partial charge in [0.2, 0.25) is 0 Å². The van der Waals surface area contributed by atoms with Crippen molar-refractivity contribution in [2.75, 3.05) is 0 Å². The van der Waals surface area contributed by atoms with Gasteiger partial charge in [-0.1, -0.05) is 0 Å². The van der Waals surface area contributed by atoms with E-state index in [4.69, 9.17) is 10.5 Å². The van der Waals surface area contributed by atoms with Crippen molar-refractivity contribution in [3.05, 3.63) is 0 Å². The molecule has 0 N–H and O–H groups in total. The van der Waals surface area contributed by atoms with Crippen LogP contribution in [0.3, 0.4) is 0 Å². The van der Waals surface area contributed by atoms with Crippen LogP contribution < -0.4 is 0 Å². The van der Waals surface area contributed by atoms with Gasteiger partial charge in [-0.05, 0) is 0 Å². The first-order valence-electron chi connectivity index (χ1n) is 2.61. The summed E-state index contributed by atoms with van der Waals surface area (Å²) in [5.74, 6) is -1.92. The fraction of sp³-hybridized carbons (Fsp3) is 0. The normalized spacial score (nSPS) is 7.31. The number of hydrogen-bond acceptors (Lipinski definition) is 7. The van der Waals surface area contributed by atoms with Gasteiger partial charge >= 0.3 is 19.3 Å². The highest BCUT2D eigenvalue weighted by Crippen LogP contribution is 1.92. The van der Waals surface area contributed by atoms with Gasteiger partial charge in [0, 0.05) is 0 Å². The van der Waals surface area contributed by atoms with Crippen molar-refractivity contribution in [2.45, 2.75) is 0 Å². The van der Waals surface area contributed by atoms with Crippen LogP contribution in [0.1, 0.15) is 0 Å². The molecular weight excluding hydrogens is 186 g/mol. The Labute approximate surface area is 71.4 Å². The molecule has 0 aromatic heterocycles. The smallest absolute Gasteiger partial charge is 0.453 e. The molecule has 0 saturated heterocycles. The number of nitrogens with zero attached hydrogens (tertiary/aromatic N) is 2. The molecule has 0 spiro atoms. The van der Waals surface area contributed by atoms with Gasteiger partial charge < -0.3 is 14.0 Å². The molecule has 0 bridgehead atoms. The summed E-state index contributed by atoms with van der Waals surface area (Å²) in [6.45, 7) is 0. The number of hydrogen-bond donors (Lipinski definition) is 0. The third-order valence-electron chi connectivity index (χ3n) is 0.662. The van der Waals surface area contributed by atoms with Gasteiger partial charge in [0.15, 0.2) is 0 Å². The second-order valence-electron chi connectivity index (χ2n) is 1.39. The average Bonchev–Trinajstić information content (AvgIpc) is 2.05. The van der Waals surface area contributed by atoms with E-state index in [1.807, 2.05) is 0 Å². The van der Waals surface area contributed by atoms with Gasteiger partial charge in [-0.3, -0.25) is 0 Å². The molecule has 0 aromatic rings. The Hall–Kier alpha value is -2.29. The Bertz CT molecular complexity index is 278. The molecule has 0 heterocycles. The molecule has 0 atom stereocenters. The molecule has 13 heavy (non-hydrogen) atoms. The molecule has 0 saturated carbocycles. The number of halogens is 1. The Balaban J connectivity index is 4.12. The van der Waals surface area contributed by atoms with Crippen LogP contribution in [0.15, 0.2) is 0 Å². The number of carbonyl (C=O) groups excluding carboxylic acids is 2. The van der Waals surface area contributed by atoms with Crippen molar-refractivity contribution in [1.29, 1.82) is 10.5 Å². The molecule has 0 aliphatic carbocycles. The molecule has 0 aromatic carbocycles. The average molecular weight is 186 g/mol. The van der Waals surface area contributed by atoms with Crippen molar-refractivity contribution >= 4 is 19.3 Å². The summed E-state index contributed by atoms with van der Waals surface area (Å²) >= 11 is 0. The van der Waals surface area contributed by atoms with E-state index < -0.39 is 19.3 Å². The largest absolute Gasteiger partial charge is 0.886 e. The van der Waals surface area contributed by atoms with Crippen LogP contribution in [-0.2, 0) is 23.6 Å². The zero-order valence-electron chi connectivity index (χ0n) is 5.89. The van der Waals surface area contributed by atoms with Crippen LogP contribution in [0.4, 0.5) is 4.39 Å². The SMILES string of the molecule is N#COB(OC#N)OC(=O)C(=O)F. The zero-order chi connectivity index (χ0) is 10.3. The predicted octanol–water partition coefficient (Wildman–Crippen LogP) is -0.994. The maximum atomic E-state index is 11.5. The van der Waals surface area contributed by atoms with Crippen LogP contribution in [0.5, 0.6) is 0 Å². The first-order valence-corrected chi connectivity index (χ1v) is 2.61. The first-order chi connectivity index (χ1) is 6.11. The summed E-state index contributed by atoms with van der Waals surface area (Å²) in [5.41, 5.74) is 0.